The highest BCUT2D eigenvalue weighted by Crippen LogP contribution is 2.29. The van der Waals surface area contributed by atoms with Gasteiger partial charge < -0.3 is 9.30 Å². The van der Waals surface area contributed by atoms with Crippen LogP contribution in [0.2, 0.25) is 0 Å². The molecule has 1 saturated heterocycles. The lowest BCUT2D eigenvalue weighted by Gasteiger charge is -2.05. The first-order valence-electron chi connectivity index (χ1n) is 6.35. The molecule has 1 aliphatic heterocycles. The van der Waals surface area contributed by atoms with E-state index in [0.717, 1.165) is 22.2 Å². The van der Waals surface area contributed by atoms with Gasteiger partial charge in [0.15, 0.2) is 0 Å². The van der Waals surface area contributed by atoms with Crippen LogP contribution < -0.4 is 0 Å². The van der Waals surface area contributed by atoms with E-state index in [-0.39, 0.29) is 12.3 Å². The van der Waals surface area contributed by atoms with Crippen molar-refractivity contribution in [1.29, 1.82) is 0 Å². The smallest absolute Gasteiger partial charge is 0.317 e. The van der Waals surface area contributed by atoms with Gasteiger partial charge in [-0.3, -0.25) is 9.59 Å². The number of carbonyl (C=O) groups is 2. The Hall–Kier alpha value is -2.10. The van der Waals surface area contributed by atoms with E-state index in [1.165, 1.54) is 0 Å². The van der Waals surface area contributed by atoms with E-state index in [9.17, 15) is 9.59 Å². The van der Waals surface area contributed by atoms with Crippen LogP contribution in [0.4, 0.5) is 0 Å². The molecule has 1 fully saturated rings. The van der Waals surface area contributed by atoms with E-state index in [4.69, 9.17) is 0 Å². The van der Waals surface area contributed by atoms with Crippen molar-refractivity contribution in [2.24, 2.45) is 13.0 Å². The van der Waals surface area contributed by atoms with E-state index in [0.29, 0.717) is 6.42 Å². The molecular weight excluding hydrogens is 242 g/mol. The van der Waals surface area contributed by atoms with Crippen molar-refractivity contribution in [3.63, 3.8) is 0 Å². The molecule has 0 saturated carbocycles. The van der Waals surface area contributed by atoms with E-state index in [1.54, 1.807) is 0 Å². The van der Waals surface area contributed by atoms with E-state index in [1.807, 2.05) is 26.1 Å². The van der Waals surface area contributed by atoms with Crippen molar-refractivity contribution in [3.05, 3.63) is 35.5 Å². The average Bonchev–Trinajstić information content (AvgIpc) is 2.83. The predicted octanol–water partition coefficient (Wildman–Crippen LogP) is 2.12. The second-order valence-corrected chi connectivity index (χ2v) is 5.04. The number of ether oxygens (including phenoxy) is 1. The minimum absolute atomic E-state index is 0.196. The molecule has 0 unspecified atom stereocenters. The van der Waals surface area contributed by atoms with Gasteiger partial charge >= 0.3 is 11.9 Å². The molecule has 1 aliphatic rings. The average molecular weight is 257 g/mol. The Morgan fingerprint density at radius 3 is 2.74 bits per heavy atom. The third kappa shape index (κ3) is 1.84. The third-order valence-electron chi connectivity index (χ3n) is 3.94. The molecule has 4 heteroatoms. The zero-order valence-electron chi connectivity index (χ0n) is 11.0. The molecule has 2 aromatic rings. The van der Waals surface area contributed by atoms with Crippen LogP contribution >= 0.6 is 0 Å². The molecule has 0 bridgehead atoms. The molecule has 0 radical (unpaired) electrons. The molecule has 0 N–H and O–H groups in total. The lowest BCUT2D eigenvalue weighted by molar-refractivity contribution is -0.153. The van der Waals surface area contributed by atoms with Crippen LogP contribution in [0.5, 0.6) is 0 Å². The normalized spacial score (nSPS) is 19.2. The number of carbonyl (C=O) groups excluding carboxylic acids is 2. The molecule has 3 rings (SSSR count). The Morgan fingerprint density at radius 2 is 2.05 bits per heavy atom. The zero-order chi connectivity index (χ0) is 13.6. The predicted molar refractivity (Wildman–Crippen MR) is 70.6 cm³/mol. The van der Waals surface area contributed by atoms with Crippen LogP contribution in [0.1, 0.15) is 17.7 Å². The highest BCUT2D eigenvalue weighted by atomic mass is 16.6. The number of aryl methyl sites for hydroxylation is 1. The van der Waals surface area contributed by atoms with Crippen LogP contribution in [0.3, 0.4) is 0 Å². The molecule has 1 aromatic carbocycles. The first-order chi connectivity index (χ1) is 9.08. The standard InChI is InChI=1S/C15H15NO3/c1-9-12(7-10-8-14(17)19-15(10)18)11-5-3-4-6-13(11)16(9)2/h3-6,10H,7-8H2,1-2H3/t10-/m0/s1. The van der Waals surface area contributed by atoms with Gasteiger partial charge in [0, 0.05) is 23.6 Å². The van der Waals surface area contributed by atoms with Crippen molar-refractivity contribution in [1.82, 2.24) is 4.57 Å². The second-order valence-electron chi connectivity index (χ2n) is 5.04. The Morgan fingerprint density at radius 1 is 1.32 bits per heavy atom. The molecule has 98 valence electrons. The Kier molecular flexibility index (Phi) is 2.66. The highest BCUT2D eigenvalue weighted by molar-refractivity contribution is 5.95. The lowest BCUT2D eigenvalue weighted by atomic mass is 9.96. The Bertz CT molecular complexity index is 684. The fourth-order valence-corrected chi connectivity index (χ4v) is 2.78. The summed E-state index contributed by atoms with van der Waals surface area (Å²) in [4.78, 5) is 22.8. The largest absolute Gasteiger partial charge is 0.393 e. The van der Waals surface area contributed by atoms with Crippen LogP contribution in [-0.4, -0.2) is 16.5 Å². The van der Waals surface area contributed by atoms with E-state index < -0.39 is 11.9 Å². The maximum atomic E-state index is 11.6. The van der Waals surface area contributed by atoms with Gasteiger partial charge in [-0.1, -0.05) is 18.2 Å². The number of nitrogens with zero attached hydrogens (tertiary/aromatic N) is 1. The Labute approximate surface area is 111 Å². The van der Waals surface area contributed by atoms with Crippen LogP contribution in [0.25, 0.3) is 10.9 Å². The van der Waals surface area contributed by atoms with Crippen LogP contribution in [-0.2, 0) is 27.8 Å². The van der Waals surface area contributed by atoms with Crippen molar-refractivity contribution in [3.8, 4) is 0 Å². The minimum atomic E-state index is -0.409. The first kappa shape index (κ1) is 12.0. The molecule has 19 heavy (non-hydrogen) atoms. The second kappa shape index (κ2) is 4.23. The summed E-state index contributed by atoms with van der Waals surface area (Å²) in [6.45, 7) is 2.04. The fourth-order valence-electron chi connectivity index (χ4n) is 2.78. The van der Waals surface area contributed by atoms with Crippen molar-refractivity contribution >= 4 is 22.8 Å². The van der Waals surface area contributed by atoms with Gasteiger partial charge in [0.05, 0.1) is 12.3 Å². The van der Waals surface area contributed by atoms with Gasteiger partial charge in [0.1, 0.15) is 0 Å². The SMILES string of the molecule is Cc1c(C[C@H]2CC(=O)OC2=O)c2ccccc2n1C. The number of esters is 2. The minimum Gasteiger partial charge on any atom is -0.393 e. The van der Waals surface area contributed by atoms with Gasteiger partial charge in [-0.15, -0.1) is 0 Å². The number of rotatable bonds is 2. The molecule has 0 amide bonds. The monoisotopic (exact) mass is 257 g/mol. The molecule has 4 nitrogen and oxygen atoms in total. The molecule has 0 spiro atoms. The highest BCUT2D eigenvalue weighted by Gasteiger charge is 2.34. The van der Waals surface area contributed by atoms with Crippen LogP contribution in [0, 0.1) is 12.8 Å². The number of hydrogen-bond acceptors (Lipinski definition) is 3. The molecular formula is C15H15NO3. The summed E-state index contributed by atoms with van der Waals surface area (Å²) in [6, 6.07) is 8.10. The topological polar surface area (TPSA) is 48.3 Å². The van der Waals surface area contributed by atoms with Gasteiger partial charge in [0.25, 0.3) is 0 Å². The summed E-state index contributed by atoms with van der Waals surface area (Å²) in [5.74, 6) is -1.14. The number of cyclic esters (lactones) is 2. The first-order valence-corrected chi connectivity index (χ1v) is 6.35. The number of para-hydroxylation sites is 1. The van der Waals surface area contributed by atoms with Crippen molar-refractivity contribution in [2.45, 2.75) is 19.8 Å². The summed E-state index contributed by atoms with van der Waals surface area (Å²) in [7, 11) is 2.01. The number of fused-ring (bicyclic) bond motifs is 1. The van der Waals surface area contributed by atoms with Crippen LogP contribution in [0.15, 0.2) is 24.3 Å². The molecule has 2 heterocycles. The number of aromatic nitrogens is 1. The fraction of sp³-hybridized carbons (Fsp3) is 0.333. The van der Waals surface area contributed by atoms with Gasteiger partial charge in [-0.05, 0) is 25.0 Å². The Balaban J connectivity index is 2.04. The van der Waals surface area contributed by atoms with Crippen molar-refractivity contribution < 1.29 is 14.3 Å². The summed E-state index contributed by atoms with van der Waals surface area (Å²) in [6.07, 6.45) is 0.763. The lowest BCUT2D eigenvalue weighted by Crippen LogP contribution is -2.11. The summed E-state index contributed by atoms with van der Waals surface area (Å²) in [5, 5.41) is 1.15. The third-order valence-corrected chi connectivity index (χ3v) is 3.94. The molecule has 1 aromatic heterocycles. The van der Waals surface area contributed by atoms with Gasteiger partial charge in [0.2, 0.25) is 0 Å². The molecule has 0 aliphatic carbocycles. The summed E-state index contributed by atoms with van der Waals surface area (Å²) in [5.41, 5.74) is 3.41. The zero-order valence-corrected chi connectivity index (χ0v) is 11.0. The van der Waals surface area contributed by atoms with E-state index >= 15 is 0 Å². The number of benzene rings is 1. The summed E-state index contributed by atoms with van der Waals surface area (Å²) < 4.78 is 6.74. The molecule has 1 atom stereocenters. The summed E-state index contributed by atoms with van der Waals surface area (Å²) >= 11 is 0. The quantitative estimate of drug-likeness (QED) is 0.611. The maximum Gasteiger partial charge on any atom is 0.317 e. The van der Waals surface area contributed by atoms with E-state index in [2.05, 4.69) is 21.4 Å². The maximum absolute atomic E-state index is 11.6. The van der Waals surface area contributed by atoms with Gasteiger partial charge in [-0.2, -0.15) is 0 Å². The number of hydrogen-bond donors (Lipinski definition) is 0. The van der Waals surface area contributed by atoms with Crippen molar-refractivity contribution in [2.75, 3.05) is 0 Å². The van der Waals surface area contributed by atoms with Gasteiger partial charge in [-0.25, -0.2) is 0 Å².